The van der Waals surface area contributed by atoms with E-state index in [1.54, 1.807) is 6.20 Å². The molecule has 0 aliphatic rings. The summed E-state index contributed by atoms with van der Waals surface area (Å²) in [7, 11) is 0. The number of aryl methyl sites for hydroxylation is 1. The number of hydrogen-bond acceptors (Lipinski definition) is 3. The molecular weight excluding hydrogens is 197 g/mol. The van der Waals surface area contributed by atoms with E-state index in [1.807, 2.05) is 13.8 Å². The summed E-state index contributed by atoms with van der Waals surface area (Å²) in [5.74, 6) is 0. The van der Waals surface area contributed by atoms with Gasteiger partial charge in [-0.2, -0.15) is 10.2 Å². The van der Waals surface area contributed by atoms with Crippen molar-refractivity contribution >= 4 is 24.8 Å². The van der Waals surface area contributed by atoms with Crippen molar-refractivity contribution in [1.82, 2.24) is 10.2 Å². The molecule has 1 heterocycles. The number of halogens is 2. The monoisotopic (exact) mass is 209 g/mol. The van der Waals surface area contributed by atoms with E-state index >= 15 is 0 Å². The van der Waals surface area contributed by atoms with Crippen LogP contribution in [0.4, 0.5) is 0 Å². The molecule has 0 aromatic carbocycles. The summed E-state index contributed by atoms with van der Waals surface area (Å²) in [6.07, 6.45) is 1.71. The molecule has 3 nitrogen and oxygen atoms in total. The van der Waals surface area contributed by atoms with Crippen molar-refractivity contribution in [2.75, 3.05) is 0 Å². The largest absolute Gasteiger partial charge is 0.326 e. The second kappa shape index (κ2) is 6.17. The first-order chi connectivity index (χ1) is 4.75. The van der Waals surface area contributed by atoms with Crippen molar-refractivity contribution in [3.8, 4) is 0 Å². The fourth-order valence-corrected chi connectivity index (χ4v) is 0.795. The van der Waals surface area contributed by atoms with Crippen LogP contribution in [0.2, 0.25) is 0 Å². The molecule has 0 aliphatic heterocycles. The van der Waals surface area contributed by atoms with Crippen LogP contribution in [-0.4, -0.2) is 10.2 Å². The molecule has 0 bridgehead atoms. The van der Waals surface area contributed by atoms with E-state index < -0.39 is 0 Å². The smallest absolute Gasteiger partial charge is 0.0632 e. The Labute approximate surface area is 84.6 Å². The van der Waals surface area contributed by atoms with Gasteiger partial charge < -0.3 is 5.73 Å². The van der Waals surface area contributed by atoms with E-state index in [9.17, 15) is 0 Å². The molecule has 0 saturated heterocycles. The molecule has 2 N–H and O–H groups in total. The van der Waals surface area contributed by atoms with Crippen LogP contribution in [0.5, 0.6) is 0 Å². The minimum Gasteiger partial charge on any atom is -0.326 e. The molecule has 0 unspecified atom stereocenters. The number of nitrogens with two attached hydrogens (primary N) is 1. The van der Waals surface area contributed by atoms with Crippen molar-refractivity contribution < 1.29 is 0 Å². The van der Waals surface area contributed by atoms with Crippen LogP contribution in [0.1, 0.15) is 16.8 Å². The molecule has 1 aromatic heterocycles. The van der Waals surface area contributed by atoms with E-state index in [2.05, 4.69) is 10.2 Å². The molecule has 70 valence electrons. The van der Waals surface area contributed by atoms with Gasteiger partial charge in [-0.25, -0.2) is 0 Å². The summed E-state index contributed by atoms with van der Waals surface area (Å²) in [5, 5.41) is 7.67. The van der Waals surface area contributed by atoms with Crippen molar-refractivity contribution in [2.45, 2.75) is 20.4 Å². The normalized spacial score (nSPS) is 8.25. The molecule has 1 rings (SSSR count). The Morgan fingerprint density at radius 3 is 2.33 bits per heavy atom. The van der Waals surface area contributed by atoms with E-state index in [1.165, 1.54) is 0 Å². The molecular formula is C7H13Cl2N3. The Bertz CT molecular complexity index is 240. The minimum atomic E-state index is 0. The fraction of sp³-hybridized carbons (Fsp3) is 0.429. The Morgan fingerprint density at radius 2 is 1.92 bits per heavy atom. The predicted molar refractivity (Wildman–Crippen MR) is 53.9 cm³/mol. The zero-order chi connectivity index (χ0) is 7.56. The Balaban J connectivity index is 0. The lowest BCUT2D eigenvalue weighted by atomic mass is 10.1. The lowest BCUT2D eigenvalue weighted by molar-refractivity contribution is 0.908. The van der Waals surface area contributed by atoms with Crippen LogP contribution >= 0.6 is 24.8 Å². The Kier molecular flexibility index (Phi) is 7.28. The zero-order valence-electron chi connectivity index (χ0n) is 7.07. The SMILES string of the molecule is Cc1nncc(CN)c1C.Cl.Cl. The summed E-state index contributed by atoms with van der Waals surface area (Å²) in [6, 6.07) is 0. The van der Waals surface area contributed by atoms with Gasteiger partial charge in [0.05, 0.1) is 11.9 Å². The standard InChI is InChI=1S/C7H11N3.2ClH/c1-5-6(2)10-9-4-7(5)3-8;;/h4H,3,8H2,1-2H3;2*1H. The van der Waals surface area contributed by atoms with Gasteiger partial charge in [0.1, 0.15) is 0 Å². The van der Waals surface area contributed by atoms with Crippen LogP contribution in [0.25, 0.3) is 0 Å². The van der Waals surface area contributed by atoms with E-state index in [4.69, 9.17) is 5.73 Å². The van der Waals surface area contributed by atoms with E-state index in [-0.39, 0.29) is 24.8 Å². The first kappa shape index (κ1) is 14.2. The molecule has 0 amide bonds. The van der Waals surface area contributed by atoms with Gasteiger partial charge >= 0.3 is 0 Å². The maximum absolute atomic E-state index is 5.45. The number of aromatic nitrogens is 2. The summed E-state index contributed by atoms with van der Waals surface area (Å²) < 4.78 is 0. The van der Waals surface area contributed by atoms with Gasteiger partial charge in [-0.15, -0.1) is 24.8 Å². The zero-order valence-corrected chi connectivity index (χ0v) is 8.71. The molecule has 0 fully saturated rings. The lowest BCUT2D eigenvalue weighted by Gasteiger charge is -2.01. The van der Waals surface area contributed by atoms with Crippen LogP contribution in [-0.2, 0) is 6.54 Å². The molecule has 0 radical (unpaired) electrons. The average Bonchev–Trinajstić information content (AvgIpc) is 1.95. The van der Waals surface area contributed by atoms with Crippen molar-refractivity contribution in [3.63, 3.8) is 0 Å². The highest BCUT2D eigenvalue weighted by Gasteiger charge is 1.98. The molecule has 1 aromatic rings. The minimum absolute atomic E-state index is 0. The molecule has 0 atom stereocenters. The molecule has 0 spiro atoms. The molecule has 0 aliphatic carbocycles. The first-order valence-electron chi connectivity index (χ1n) is 3.23. The van der Waals surface area contributed by atoms with Crippen molar-refractivity contribution in [1.29, 1.82) is 0 Å². The molecule has 12 heavy (non-hydrogen) atoms. The van der Waals surface area contributed by atoms with Gasteiger partial charge in [0.15, 0.2) is 0 Å². The summed E-state index contributed by atoms with van der Waals surface area (Å²) in [5.41, 5.74) is 8.64. The van der Waals surface area contributed by atoms with E-state index in [0.29, 0.717) is 6.54 Å². The fourth-order valence-electron chi connectivity index (χ4n) is 0.795. The molecule has 0 saturated carbocycles. The second-order valence-electron chi connectivity index (χ2n) is 2.28. The first-order valence-corrected chi connectivity index (χ1v) is 3.23. The quantitative estimate of drug-likeness (QED) is 0.762. The number of hydrogen-bond donors (Lipinski definition) is 1. The molecule has 5 heteroatoms. The van der Waals surface area contributed by atoms with Crippen LogP contribution < -0.4 is 5.73 Å². The second-order valence-corrected chi connectivity index (χ2v) is 2.28. The van der Waals surface area contributed by atoms with Gasteiger partial charge in [-0.05, 0) is 25.0 Å². The summed E-state index contributed by atoms with van der Waals surface area (Å²) in [6.45, 7) is 4.48. The lowest BCUT2D eigenvalue weighted by Crippen LogP contribution is -2.03. The van der Waals surface area contributed by atoms with Gasteiger partial charge in [0.25, 0.3) is 0 Å². The maximum Gasteiger partial charge on any atom is 0.0632 e. The van der Waals surface area contributed by atoms with Crippen LogP contribution in [0.3, 0.4) is 0 Å². The highest BCUT2D eigenvalue weighted by Crippen LogP contribution is 2.06. The van der Waals surface area contributed by atoms with Gasteiger partial charge in [-0.1, -0.05) is 0 Å². The third kappa shape index (κ3) is 2.93. The number of rotatable bonds is 1. The van der Waals surface area contributed by atoms with E-state index in [0.717, 1.165) is 16.8 Å². The third-order valence-corrected chi connectivity index (χ3v) is 1.67. The average molecular weight is 210 g/mol. The summed E-state index contributed by atoms with van der Waals surface area (Å²) >= 11 is 0. The highest BCUT2D eigenvalue weighted by molar-refractivity contribution is 5.85. The van der Waals surface area contributed by atoms with Crippen molar-refractivity contribution in [2.24, 2.45) is 5.73 Å². The van der Waals surface area contributed by atoms with Gasteiger partial charge in [0, 0.05) is 6.54 Å². The maximum atomic E-state index is 5.45. The van der Waals surface area contributed by atoms with Crippen molar-refractivity contribution in [3.05, 3.63) is 23.0 Å². The number of nitrogens with zero attached hydrogens (tertiary/aromatic N) is 2. The third-order valence-electron chi connectivity index (χ3n) is 1.67. The Morgan fingerprint density at radius 1 is 1.33 bits per heavy atom. The van der Waals surface area contributed by atoms with Crippen LogP contribution in [0, 0.1) is 13.8 Å². The van der Waals surface area contributed by atoms with Gasteiger partial charge in [0.2, 0.25) is 0 Å². The summed E-state index contributed by atoms with van der Waals surface area (Å²) in [4.78, 5) is 0. The highest BCUT2D eigenvalue weighted by atomic mass is 35.5. The van der Waals surface area contributed by atoms with Crippen LogP contribution in [0.15, 0.2) is 6.20 Å². The predicted octanol–water partition coefficient (Wildman–Crippen LogP) is 1.40. The topological polar surface area (TPSA) is 51.8 Å². The van der Waals surface area contributed by atoms with Gasteiger partial charge in [-0.3, -0.25) is 0 Å². The Hall–Kier alpha value is -0.380.